The van der Waals surface area contributed by atoms with Gasteiger partial charge in [-0.25, -0.2) is 0 Å². The van der Waals surface area contributed by atoms with Gasteiger partial charge in [-0.3, -0.25) is 15.1 Å². The quantitative estimate of drug-likeness (QED) is 0.677. The van der Waals surface area contributed by atoms with Gasteiger partial charge in [0, 0.05) is 29.5 Å². The van der Waals surface area contributed by atoms with Crippen LogP contribution in [-0.2, 0) is 6.42 Å². The maximum absolute atomic E-state index is 10.9. The van der Waals surface area contributed by atoms with E-state index in [-0.39, 0.29) is 10.6 Å². The van der Waals surface area contributed by atoms with E-state index in [4.69, 9.17) is 0 Å². The maximum atomic E-state index is 10.9. The summed E-state index contributed by atoms with van der Waals surface area (Å²) in [4.78, 5) is 14.5. The molecule has 1 aromatic heterocycles. The number of hydrogen-bond acceptors (Lipinski definition) is 4. The summed E-state index contributed by atoms with van der Waals surface area (Å²) in [6, 6.07) is 8.83. The summed E-state index contributed by atoms with van der Waals surface area (Å²) in [5.41, 5.74) is 1.74. The van der Waals surface area contributed by atoms with Crippen molar-refractivity contribution in [1.82, 2.24) is 4.98 Å². The summed E-state index contributed by atoms with van der Waals surface area (Å²) in [5.74, 6) is 0. The Hall–Kier alpha value is -1.95. The summed E-state index contributed by atoms with van der Waals surface area (Å²) in [5, 5.41) is 14.0. The fourth-order valence-corrected chi connectivity index (χ4v) is 2.05. The third-order valence-electron chi connectivity index (χ3n) is 2.63. The Morgan fingerprint density at radius 2 is 2.00 bits per heavy atom. The molecule has 98 valence electrons. The van der Waals surface area contributed by atoms with Crippen LogP contribution in [0.2, 0.25) is 0 Å². The molecule has 1 heterocycles. The minimum atomic E-state index is -0.389. The van der Waals surface area contributed by atoms with Gasteiger partial charge in [0.05, 0.1) is 4.92 Å². The van der Waals surface area contributed by atoms with Crippen molar-refractivity contribution in [3.05, 3.63) is 62.9 Å². The Kier molecular flexibility index (Phi) is 4.46. The lowest BCUT2D eigenvalue weighted by atomic mass is 10.2. The van der Waals surface area contributed by atoms with Crippen molar-refractivity contribution in [2.45, 2.75) is 6.42 Å². The highest BCUT2D eigenvalue weighted by Crippen LogP contribution is 2.27. The second kappa shape index (κ2) is 6.29. The second-order valence-corrected chi connectivity index (χ2v) is 4.87. The highest BCUT2D eigenvalue weighted by Gasteiger charge is 2.13. The number of rotatable bonds is 5. The van der Waals surface area contributed by atoms with E-state index in [1.165, 1.54) is 6.07 Å². The molecule has 0 aliphatic carbocycles. The number of aromatic nitrogens is 1. The fraction of sp³-hybridized carbons (Fsp3) is 0.154. The molecule has 0 aliphatic rings. The third kappa shape index (κ3) is 3.75. The molecule has 0 bridgehead atoms. The molecule has 0 aliphatic heterocycles. The van der Waals surface area contributed by atoms with Crippen LogP contribution in [0, 0.1) is 10.1 Å². The Morgan fingerprint density at radius 3 is 2.68 bits per heavy atom. The first kappa shape index (κ1) is 13.5. The van der Waals surface area contributed by atoms with E-state index >= 15 is 0 Å². The molecule has 0 saturated heterocycles. The van der Waals surface area contributed by atoms with E-state index < -0.39 is 0 Å². The first-order valence-corrected chi connectivity index (χ1v) is 6.53. The van der Waals surface area contributed by atoms with Gasteiger partial charge in [0.25, 0.3) is 5.69 Å². The van der Waals surface area contributed by atoms with E-state index in [2.05, 4.69) is 26.2 Å². The first-order chi connectivity index (χ1) is 9.16. The number of anilines is 1. The zero-order valence-electron chi connectivity index (χ0n) is 10.0. The van der Waals surface area contributed by atoms with Gasteiger partial charge in [0.2, 0.25) is 0 Å². The zero-order chi connectivity index (χ0) is 13.7. The molecule has 1 N–H and O–H groups in total. The van der Waals surface area contributed by atoms with Gasteiger partial charge in [0.1, 0.15) is 5.69 Å². The molecular formula is C13H12BrN3O2. The average Bonchev–Trinajstić information content (AvgIpc) is 2.41. The minimum Gasteiger partial charge on any atom is -0.379 e. The van der Waals surface area contributed by atoms with Crippen molar-refractivity contribution in [3.8, 4) is 0 Å². The topological polar surface area (TPSA) is 68.1 Å². The Morgan fingerprint density at radius 1 is 1.26 bits per heavy atom. The molecule has 0 radical (unpaired) electrons. The molecule has 5 nitrogen and oxygen atoms in total. The van der Waals surface area contributed by atoms with Crippen LogP contribution in [0.5, 0.6) is 0 Å². The van der Waals surface area contributed by atoms with E-state index in [1.54, 1.807) is 24.5 Å². The van der Waals surface area contributed by atoms with Crippen LogP contribution >= 0.6 is 15.9 Å². The van der Waals surface area contributed by atoms with Crippen LogP contribution < -0.4 is 5.32 Å². The summed E-state index contributed by atoms with van der Waals surface area (Å²) in [6.45, 7) is 0.631. The largest absolute Gasteiger partial charge is 0.379 e. The summed E-state index contributed by atoms with van der Waals surface area (Å²) in [7, 11) is 0. The summed E-state index contributed by atoms with van der Waals surface area (Å²) in [6.07, 6.45) is 4.25. The number of pyridine rings is 1. The SMILES string of the molecule is O=[N+]([O-])c1cc(Br)ccc1NCCc1ccncc1. The number of hydrogen-bond donors (Lipinski definition) is 1. The molecule has 0 fully saturated rings. The zero-order valence-corrected chi connectivity index (χ0v) is 11.6. The van der Waals surface area contributed by atoms with Gasteiger partial charge in [-0.2, -0.15) is 0 Å². The number of halogens is 1. The van der Waals surface area contributed by atoms with Crippen LogP contribution in [0.3, 0.4) is 0 Å². The predicted octanol–water partition coefficient (Wildman–Crippen LogP) is 3.41. The molecule has 0 atom stereocenters. The highest BCUT2D eigenvalue weighted by atomic mass is 79.9. The average molecular weight is 322 g/mol. The van der Waals surface area contributed by atoms with Gasteiger partial charge in [-0.15, -0.1) is 0 Å². The molecule has 0 amide bonds. The molecule has 19 heavy (non-hydrogen) atoms. The molecule has 2 aromatic rings. The van der Waals surface area contributed by atoms with Gasteiger partial charge < -0.3 is 5.32 Å². The van der Waals surface area contributed by atoms with Crippen LogP contribution in [0.4, 0.5) is 11.4 Å². The molecule has 6 heteroatoms. The van der Waals surface area contributed by atoms with Gasteiger partial charge in [0.15, 0.2) is 0 Å². The standard InChI is InChI=1S/C13H12BrN3O2/c14-11-1-2-12(13(9-11)17(18)19)16-8-5-10-3-6-15-7-4-10/h1-4,6-7,9,16H,5,8H2. The molecule has 1 aromatic carbocycles. The Labute approximate surface area is 119 Å². The highest BCUT2D eigenvalue weighted by molar-refractivity contribution is 9.10. The van der Waals surface area contributed by atoms with Crippen molar-refractivity contribution in [2.75, 3.05) is 11.9 Å². The summed E-state index contributed by atoms with van der Waals surface area (Å²) < 4.78 is 0.693. The number of nitrogens with one attached hydrogen (secondary N) is 1. The lowest BCUT2D eigenvalue weighted by Gasteiger charge is -2.07. The molecule has 0 spiro atoms. The number of nitro benzene ring substituents is 1. The van der Waals surface area contributed by atoms with E-state index in [0.717, 1.165) is 12.0 Å². The van der Waals surface area contributed by atoms with Crippen molar-refractivity contribution in [3.63, 3.8) is 0 Å². The second-order valence-electron chi connectivity index (χ2n) is 3.95. The fourth-order valence-electron chi connectivity index (χ4n) is 1.70. The molecular weight excluding hydrogens is 310 g/mol. The predicted molar refractivity (Wildman–Crippen MR) is 77.2 cm³/mol. The molecule has 2 rings (SSSR count). The van der Waals surface area contributed by atoms with Crippen LogP contribution in [0.15, 0.2) is 47.2 Å². The van der Waals surface area contributed by atoms with Crippen molar-refractivity contribution < 1.29 is 4.92 Å². The van der Waals surface area contributed by atoms with Crippen LogP contribution in [0.25, 0.3) is 0 Å². The van der Waals surface area contributed by atoms with E-state index in [9.17, 15) is 10.1 Å². The van der Waals surface area contributed by atoms with Gasteiger partial charge in [-0.1, -0.05) is 15.9 Å². The smallest absolute Gasteiger partial charge is 0.293 e. The summed E-state index contributed by atoms with van der Waals surface area (Å²) >= 11 is 3.23. The van der Waals surface area contributed by atoms with Crippen LogP contribution in [0.1, 0.15) is 5.56 Å². The monoisotopic (exact) mass is 321 g/mol. The van der Waals surface area contributed by atoms with Crippen molar-refractivity contribution >= 4 is 27.3 Å². The Balaban J connectivity index is 2.02. The normalized spacial score (nSPS) is 10.2. The van der Waals surface area contributed by atoms with Crippen molar-refractivity contribution in [1.29, 1.82) is 0 Å². The van der Waals surface area contributed by atoms with Gasteiger partial charge >= 0.3 is 0 Å². The van der Waals surface area contributed by atoms with Gasteiger partial charge in [-0.05, 0) is 36.2 Å². The number of nitrogens with zero attached hydrogens (tertiary/aromatic N) is 2. The number of benzene rings is 1. The molecule has 0 unspecified atom stereocenters. The van der Waals surface area contributed by atoms with E-state index in [1.807, 2.05) is 12.1 Å². The maximum Gasteiger partial charge on any atom is 0.293 e. The lowest BCUT2D eigenvalue weighted by Crippen LogP contribution is -2.06. The van der Waals surface area contributed by atoms with Crippen LogP contribution in [-0.4, -0.2) is 16.5 Å². The third-order valence-corrected chi connectivity index (χ3v) is 3.13. The van der Waals surface area contributed by atoms with Crippen molar-refractivity contribution in [2.24, 2.45) is 0 Å². The van der Waals surface area contributed by atoms with E-state index in [0.29, 0.717) is 16.7 Å². The Bertz CT molecular complexity index is 575. The number of nitro groups is 1. The minimum absolute atomic E-state index is 0.0732. The first-order valence-electron chi connectivity index (χ1n) is 5.73. The molecule has 0 saturated carbocycles. The lowest BCUT2D eigenvalue weighted by molar-refractivity contribution is -0.384.